The van der Waals surface area contributed by atoms with Crippen molar-refractivity contribution in [2.45, 2.75) is 43.4 Å². The summed E-state index contributed by atoms with van der Waals surface area (Å²) < 4.78 is 68.1. The number of piperidine rings is 1. The predicted octanol–water partition coefficient (Wildman–Crippen LogP) is 6.53. The van der Waals surface area contributed by atoms with Gasteiger partial charge in [-0.1, -0.05) is 47.5 Å². The molecule has 0 aromatic heterocycles. The molecule has 1 saturated heterocycles. The lowest BCUT2D eigenvalue weighted by Gasteiger charge is -2.39. The van der Waals surface area contributed by atoms with E-state index in [9.17, 15) is 21.6 Å². The minimum atomic E-state index is -4.38. The van der Waals surface area contributed by atoms with E-state index < -0.39 is 21.8 Å². The normalized spacial score (nSPS) is 15.8. The van der Waals surface area contributed by atoms with Crippen LogP contribution < -0.4 is 4.31 Å². The third kappa shape index (κ3) is 6.00. The van der Waals surface area contributed by atoms with Gasteiger partial charge in [0.1, 0.15) is 0 Å². The summed E-state index contributed by atoms with van der Waals surface area (Å²) in [4.78, 5) is 2.22. The molecule has 0 radical (unpaired) electrons. The van der Waals surface area contributed by atoms with Crippen molar-refractivity contribution >= 4 is 27.3 Å². The zero-order chi connectivity index (χ0) is 25.2. The Morgan fingerprint density at radius 3 is 2.20 bits per heavy atom. The van der Waals surface area contributed by atoms with Gasteiger partial charge in [-0.25, -0.2) is 8.42 Å². The van der Waals surface area contributed by atoms with Crippen molar-refractivity contribution in [3.63, 3.8) is 0 Å². The minimum absolute atomic E-state index is 0.161. The number of hydrogen-bond donors (Lipinski definition) is 0. The SMILES string of the molecule is Cc1ccc(N(C2CCN(Cc3cccc(C(F)(F)F)c3)CC2)S(=O)(=O)c2ccc(Cl)cc2)cc1. The molecule has 0 atom stereocenters. The Morgan fingerprint density at radius 1 is 0.971 bits per heavy atom. The van der Waals surface area contributed by atoms with Gasteiger partial charge in [-0.3, -0.25) is 9.21 Å². The van der Waals surface area contributed by atoms with Crippen LogP contribution in [0.15, 0.2) is 77.7 Å². The van der Waals surface area contributed by atoms with Crippen LogP contribution in [0.5, 0.6) is 0 Å². The first-order valence-corrected chi connectivity index (χ1v) is 13.1. The first kappa shape index (κ1) is 25.5. The van der Waals surface area contributed by atoms with Crippen LogP contribution in [-0.2, 0) is 22.7 Å². The van der Waals surface area contributed by atoms with E-state index >= 15 is 0 Å². The summed E-state index contributed by atoms with van der Waals surface area (Å²) in [5, 5.41) is 0.453. The molecule has 35 heavy (non-hydrogen) atoms. The molecule has 0 N–H and O–H groups in total. The van der Waals surface area contributed by atoms with E-state index in [2.05, 4.69) is 4.90 Å². The molecule has 4 nitrogen and oxygen atoms in total. The first-order valence-electron chi connectivity index (χ1n) is 11.3. The Hall–Kier alpha value is -2.55. The van der Waals surface area contributed by atoms with E-state index in [4.69, 9.17) is 11.6 Å². The number of halogens is 4. The number of alkyl halides is 3. The summed E-state index contributed by atoms with van der Waals surface area (Å²) in [6, 6.07) is 18.5. The summed E-state index contributed by atoms with van der Waals surface area (Å²) in [6.07, 6.45) is -3.27. The highest BCUT2D eigenvalue weighted by atomic mass is 35.5. The van der Waals surface area contributed by atoms with E-state index in [1.165, 1.54) is 28.6 Å². The van der Waals surface area contributed by atoms with Gasteiger partial charge < -0.3 is 0 Å². The van der Waals surface area contributed by atoms with E-state index in [-0.39, 0.29) is 10.9 Å². The highest BCUT2D eigenvalue weighted by Gasteiger charge is 2.34. The van der Waals surface area contributed by atoms with Gasteiger partial charge in [0.05, 0.1) is 16.1 Å². The van der Waals surface area contributed by atoms with Gasteiger partial charge in [0.2, 0.25) is 0 Å². The van der Waals surface area contributed by atoms with Crippen molar-refractivity contribution in [2.24, 2.45) is 0 Å². The fourth-order valence-electron chi connectivity index (χ4n) is 4.37. The minimum Gasteiger partial charge on any atom is -0.299 e. The largest absolute Gasteiger partial charge is 0.416 e. The summed E-state index contributed by atoms with van der Waals surface area (Å²) in [5.41, 5.74) is 1.53. The third-order valence-corrected chi connectivity index (χ3v) is 8.35. The van der Waals surface area contributed by atoms with E-state index in [0.717, 1.165) is 11.6 Å². The van der Waals surface area contributed by atoms with Crippen LogP contribution in [0.3, 0.4) is 0 Å². The van der Waals surface area contributed by atoms with E-state index in [1.54, 1.807) is 30.3 Å². The monoisotopic (exact) mass is 522 g/mol. The van der Waals surface area contributed by atoms with Crippen molar-refractivity contribution in [1.82, 2.24) is 4.90 Å². The molecule has 1 aliphatic heterocycles. The van der Waals surface area contributed by atoms with Crippen LogP contribution in [0, 0.1) is 6.92 Å². The van der Waals surface area contributed by atoms with Crippen LogP contribution >= 0.6 is 11.6 Å². The topological polar surface area (TPSA) is 40.6 Å². The van der Waals surface area contributed by atoms with Crippen LogP contribution in [0.4, 0.5) is 18.9 Å². The number of anilines is 1. The lowest BCUT2D eigenvalue weighted by molar-refractivity contribution is -0.137. The van der Waals surface area contributed by atoms with Crippen LogP contribution in [0.1, 0.15) is 29.5 Å². The molecule has 1 heterocycles. The maximum Gasteiger partial charge on any atom is 0.416 e. The maximum atomic E-state index is 13.7. The summed E-state index contributed by atoms with van der Waals surface area (Å²) in [6.45, 7) is 3.46. The molecule has 0 amide bonds. The lowest BCUT2D eigenvalue weighted by atomic mass is 10.0. The maximum absolute atomic E-state index is 13.7. The molecule has 3 aromatic rings. The van der Waals surface area contributed by atoms with Crippen LogP contribution in [0.2, 0.25) is 5.02 Å². The molecule has 3 aromatic carbocycles. The standard InChI is InChI=1S/C26H26ClF3N2O2S/c1-19-5-9-23(10-6-19)32(35(33,34)25-11-7-22(27)8-12-25)24-13-15-31(16-14-24)18-20-3-2-4-21(17-20)26(28,29)30/h2-12,17,24H,13-16,18H2,1H3. The molecule has 1 aliphatic rings. The van der Waals surface area contributed by atoms with Crippen molar-refractivity contribution in [3.8, 4) is 0 Å². The van der Waals surface area contributed by atoms with Gasteiger partial charge in [0.25, 0.3) is 10.0 Å². The fourth-order valence-corrected chi connectivity index (χ4v) is 6.21. The number of hydrogen-bond acceptors (Lipinski definition) is 3. The molecule has 1 fully saturated rings. The number of rotatable bonds is 6. The summed E-state index contributed by atoms with van der Waals surface area (Å²) >= 11 is 5.97. The Morgan fingerprint density at radius 2 is 1.60 bits per heavy atom. The Kier molecular flexibility index (Phi) is 7.45. The van der Waals surface area contributed by atoms with Gasteiger partial charge in [-0.05, 0) is 67.8 Å². The van der Waals surface area contributed by atoms with Crippen molar-refractivity contribution in [2.75, 3.05) is 17.4 Å². The molecule has 9 heteroatoms. The molecule has 0 unspecified atom stereocenters. The van der Waals surface area contributed by atoms with Crippen molar-refractivity contribution in [3.05, 3.63) is 94.5 Å². The Labute approximate surface area is 209 Å². The second-order valence-corrected chi connectivity index (χ2v) is 11.0. The highest BCUT2D eigenvalue weighted by Crippen LogP contribution is 2.33. The Balaban J connectivity index is 1.54. The number of nitrogens with zero attached hydrogens (tertiary/aromatic N) is 2. The highest BCUT2D eigenvalue weighted by molar-refractivity contribution is 7.92. The number of benzene rings is 3. The van der Waals surface area contributed by atoms with Crippen LogP contribution in [-0.4, -0.2) is 32.4 Å². The van der Waals surface area contributed by atoms with Crippen molar-refractivity contribution < 1.29 is 21.6 Å². The average molecular weight is 523 g/mol. The van der Waals surface area contributed by atoms with Crippen LogP contribution in [0.25, 0.3) is 0 Å². The van der Waals surface area contributed by atoms with E-state index in [0.29, 0.717) is 48.7 Å². The third-order valence-electron chi connectivity index (χ3n) is 6.21. The molecule has 0 spiro atoms. The lowest BCUT2D eigenvalue weighted by Crippen LogP contribution is -2.47. The second kappa shape index (κ2) is 10.2. The van der Waals surface area contributed by atoms with Gasteiger partial charge >= 0.3 is 6.18 Å². The van der Waals surface area contributed by atoms with Gasteiger partial charge in [0.15, 0.2) is 0 Å². The zero-order valence-corrected chi connectivity index (χ0v) is 20.7. The molecule has 4 rings (SSSR count). The number of aryl methyl sites for hydroxylation is 1. The summed E-state index contributed by atoms with van der Waals surface area (Å²) in [7, 11) is -3.85. The van der Waals surface area contributed by atoms with E-state index in [1.807, 2.05) is 19.1 Å². The molecule has 186 valence electrons. The fraction of sp³-hybridized carbons (Fsp3) is 0.308. The molecule has 0 saturated carbocycles. The molecule has 0 aliphatic carbocycles. The second-order valence-electron chi connectivity index (χ2n) is 8.80. The molecular weight excluding hydrogens is 497 g/mol. The predicted molar refractivity (Wildman–Crippen MR) is 132 cm³/mol. The zero-order valence-electron chi connectivity index (χ0n) is 19.2. The Bertz CT molecular complexity index is 1260. The van der Waals surface area contributed by atoms with Gasteiger partial charge in [0, 0.05) is 30.7 Å². The number of likely N-dealkylation sites (tertiary alicyclic amines) is 1. The molecule has 0 bridgehead atoms. The summed E-state index contributed by atoms with van der Waals surface area (Å²) in [5.74, 6) is 0. The smallest absolute Gasteiger partial charge is 0.299 e. The quantitative estimate of drug-likeness (QED) is 0.370. The first-order chi connectivity index (χ1) is 16.5. The average Bonchev–Trinajstić information content (AvgIpc) is 2.81. The van der Waals surface area contributed by atoms with Crippen molar-refractivity contribution in [1.29, 1.82) is 0 Å². The van der Waals surface area contributed by atoms with Gasteiger partial charge in [-0.15, -0.1) is 0 Å². The number of sulfonamides is 1. The van der Waals surface area contributed by atoms with Gasteiger partial charge in [-0.2, -0.15) is 13.2 Å². The molecular formula is C26H26ClF3N2O2S.